The average Bonchev–Trinajstić information content (AvgIpc) is 2.83. The molecule has 2 fully saturated rings. The van der Waals surface area contributed by atoms with Crippen molar-refractivity contribution >= 4 is 21.8 Å². The highest BCUT2D eigenvalue weighted by Gasteiger charge is 2.47. The lowest BCUT2D eigenvalue weighted by atomic mass is 10.2. The molecule has 2 heterocycles. The van der Waals surface area contributed by atoms with Gasteiger partial charge in [-0.1, -0.05) is 46.3 Å². The third-order valence-corrected chi connectivity index (χ3v) is 3.94. The number of alkyl halides is 1. The Morgan fingerprint density at radius 1 is 1.31 bits per heavy atom. The predicted octanol–water partition coefficient (Wildman–Crippen LogP) is 2.08. The lowest BCUT2D eigenvalue weighted by Gasteiger charge is -2.22. The fourth-order valence-corrected chi connectivity index (χ4v) is 3.08. The number of carbonyl (C=O) groups is 1. The van der Waals surface area contributed by atoms with Crippen LogP contribution in [0.25, 0.3) is 0 Å². The van der Waals surface area contributed by atoms with E-state index in [-0.39, 0.29) is 23.0 Å². The minimum atomic E-state index is -0.193. The van der Waals surface area contributed by atoms with E-state index in [2.05, 4.69) is 15.9 Å². The Bertz CT molecular complexity index is 409. The second-order valence-corrected chi connectivity index (χ2v) is 5.30. The van der Waals surface area contributed by atoms with Crippen molar-refractivity contribution < 1.29 is 9.53 Å². The van der Waals surface area contributed by atoms with Gasteiger partial charge in [-0.05, 0) is 6.42 Å². The van der Waals surface area contributed by atoms with Crippen molar-refractivity contribution in [2.24, 2.45) is 0 Å². The van der Waals surface area contributed by atoms with Gasteiger partial charge in [0.05, 0.1) is 17.5 Å². The quantitative estimate of drug-likeness (QED) is 0.738. The third kappa shape index (κ3) is 1.48. The maximum atomic E-state index is 12.0. The Morgan fingerprint density at radius 2 is 2.06 bits per heavy atom. The molecular weight excluding hydrogens is 270 g/mol. The van der Waals surface area contributed by atoms with Crippen LogP contribution in [-0.2, 0) is 9.53 Å². The van der Waals surface area contributed by atoms with E-state index in [1.807, 2.05) is 35.2 Å². The van der Waals surface area contributed by atoms with E-state index in [0.717, 1.165) is 12.0 Å². The first-order valence-electron chi connectivity index (χ1n) is 5.40. The molecular formula is C12H12BrNO2. The summed E-state index contributed by atoms with van der Waals surface area (Å²) in [6.07, 6.45) is 0.656. The fraction of sp³-hybridized carbons (Fsp3) is 0.417. The van der Waals surface area contributed by atoms with Crippen molar-refractivity contribution in [3.8, 4) is 0 Å². The zero-order valence-electron chi connectivity index (χ0n) is 8.67. The summed E-state index contributed by atoms with van der Waals surface area (Å²) in [7, 11) is 0. The smallest absolute Gasteiger partial charge is 0.239 e. The molecule has 1 aromatic carbocycles. The van der Waals surface area contributed by atoms with E-state index in [0.29, 0.717) is 6.61 Å². The molecule has 0 bridgehead atoms. The summed E-state index contributed by atoms with van der Waals surface area (Å²) in [4.78, 5) is 13.8. The minimum absolute atomic E-state index is 0.0346. The van der Waals surface area contributed by atoms with Crippen LogP contribution in [0.15, 0.2) is 30.3 Å². The summed E-state index contributed by atoms with van der Waals surface area (Å²) in [6.45, 7) is 0.646. The number of amides is 1. The molecule has 0 N–H and O–H groups in total. The highest BCUT2D eigenvalue weighted by atomic mass is 79.9. The Labute approximate surface area is 103 Å². The summed E-state index contributed by atoms with van der Waals surface area (Å²) in [5, 5.41) is 0. The Kier molecular flexibility index (Phi) is 2.48. The van der Waals surface area contributed by atoms with Crippen LogP contribution in [-0.4, -0.2) is 28.3 Å². The number of nitrogens with zero attached hydrogens (tertiary/aromatic N) is 1. The van der Waals surface area contributed by atoms with E-state index in [1.165, 1.54) is 0 Å². The highest BCUT2D eigenvalue weighted by Crippen LogP contribution is 2.39. The van der Waals surface area contributed by atoms with Gasteiger partial charge in [-0.2, -0.15) is 0 Å². The monoisotopic (exact) mass is 281 g/mol. The first kappa shape index (κ1) is 10.3. The second kappa shape index (κ2) is 3.86. The van der Waals surface area contributed by atoms with E-state index in [1.54, 1.807) is 0 Å². The average molecular weight is 282 g/mol. The molecule has 3 atom stereocenters. The topological polar surface area (TPSA) is 29.5 Å². The van der Waals surface area contributed by atoms with Gasteiger partial charge in [0.15, 0.2) is 6.23 Å². The van der Waals surface area contributed by atoms with E-state index < -0.39 is 0 Å². The summed E-state index contributed by atoms with van der Waals surface area (Å²) < 4.78 is 5.71. The highest BCUT2D eigenvalue weighted by molar-refractivity contribution is 9.10. The SMILES string of the molecule is O=C1[C@@H](Br)C[C@@H]2CO[C@@H](c3ccccc3)N12. The molecule has 16 heavy (non-hydrogen) atoms. The maximum Gasteiger partial charge on any atom is 0.239 e. The molecule has 3 rings (SSSR count). The number of ether oxygens (including phenoxy) is 1. The van der Waals surface area contributed by atoms with Gasteiger partial charge >= 0.3 is 0 Å². The summed E-state index contributed by atoms with van der Waals surface area (Å²) >= 11 is 3.41. The van der Waals surface area contributed by atoms with Crippen LogP contribution in [0.1, 0.15) is 18.2 Å². The number of halogens is 1. The standard InChI is InChI=1S/C12H12BrNO2/c13-10-6-9-7-16-12(14(9)11(10)15)8-4-2-1-3-5-8/h1-5,9-10,12H,6-7H2/t9-,10+,12+/m1/s1. The summed E-state index contributed by atoms with van der Waals surface area (Å²) in [5.74, 6) is 0.149. The van der Waals surface area contributed by atoms with Gasteiger partial charge in [0, 0.05) is 5.56 Å². The van der Waals surface area contributed by atoms with E-state index >= 15 is 0 Å². The molecule has 4 heteroatoms. The molecule has 0 spiro atoms. The molecule has 0 saturated carbocycles. The van der Waals surface area contributed by atoms with Crippen LogP contribution in [0.5, 0.6) is 0 Å². The maximum absolute atomic E-state index is 12.0. The largest absolute Gasteiger partial charge is 0.352 e. The van der Waals surface area contributed by atoms with Crippen LogP contribution in [0.2, 0.25) is 0 Å². The molecule has 2 aliphatic rings. The molecule has 2 aliphatic heterocycles. The van der Waals surface area contributed by atoms with Crippen molar-refractivity contribution in [2.45, 2.75) is 23.5 Å². The molecule has 2 saturated heterocycles. The van der Waals surface area contributed by atoms with Gasteiger partial charge in [0.1, 0.15) is 0 Å². The number of hydrogen-bond donors (Lipinski definition) is 0. The molecule has 0 unspecified atom stereocenters. The van der Waals surface area contributed by atoms with Crippen molar-refractivity contribution in [1.82, 2.24) is 4.90 Å². The van der Waals surface area contributed by atoms with Gasteiger partial charge in [-0.15, -0.1) is 0 Å². The number of rotatable bonds is 1. The summed E-state index contributed by atoms with van der Waals surface area (Å²) in [6, 6.07) is 10.1. The normalized spacial score (nSPS) is 33.2. The fourth-order valence-electron chi connectivity index (χ4n) is 2.41. The van der Waals surface area contributed by atoms with Crippen molar-refractivity contribution in [1.29, 1.82) is 0 Å². The predicted molar refractivity (Wildman–Crippen MR) is 63.1 cm³/mol. The molecule has 3 nitrogen and oxygen atoms in total. The Hall–Kier alpha value is -0.870. The van der Waals surface area contributed by atoms with Gasteiger partial charge in [-0.3, -0.25) is 4.79 Å². The first-order valence-corrected chi connectivity index (χ1v) is 6.32. The Balaban J connectivity index is 1.91. The molecule has 84 valence electrons. The van der Waals surface area contributed by atoms with Crippen molar-refractivity contribution in [3.05, 3.63) is 35.9 Å². The number of hydrogen-bond acceptors (Lipinski definition) is 2. The minimum Gasteiger partial charge on any atom is -0.352 e. The van der Waals surface area contributed by atoms with E-state index in [9.17, 15) is 4.79 Å². The number of carbonyl (C=O) groups excluding carboxylic acids is 1. The zero-order chi connectivity index (χ0) is 11.1. The number of fused-ring (bicyclic) bond motifs is 1. The van der Waals surface area contributed by atoms with Gasteiger partial charge < -0.3 is 9.64 Å². The van der Waals surface area contributed by atoms with Crippen LogP contribution in [0.4, 0.5) is 0 Å². The lowest BCUT2D eigenvalue weighted by molar-refractivity contribution is -0.133. The first-order chi connectivity index (χ1) is 7.77. The molecule has 1 amide bonds. The van der Waals surface area contributed by atoms with Crippen LogP contribution >= 0.6 is 15.9 Å². The molecule has 0 radical (unpaired) electrons. The second-order valence-electron chi connectivity index (χ2n) is 4.20. The molecule has 0 aromatic heterocycles. The van der Waals surface area contributed by atoms with Crippen molar-refractivity contribution in [2.75, 3.05) is 6.61 Å². The van der Waals surface area contributed by atoms with Crippen LogP contribution in [0, 0.1) is 0 Å². The van der Waals surface area contributed by atoms with Crippen LogP contribution in [0.3, 0.4) is 0 Å². The van der Waals surface area contributed by atoms with Gasteiger partial charge in [0.2, 0.25) is 5.91 Å². The summed E-state index contributed by atoms with van der Waals surface area (Å²) in [5.41, 5.74) is 1.06. The zero-order valence-corrected chi connectivity index (χ0v) is 10.3. The van der Waals surface area contributed by atoms with Crippen molar-refractivity contribution in [3.63, 3.8) is 0 Å². The third-order valence-electron chi connectivity index (χ3n) is 3.18. The Morgan fingerprint density at radius 3 is 2.81 bits per heavy atom. The lowest BCUT2D eigenvalue weighted by Crippen LogP contribution is -2.32. The van der Waals surface area contributed by atoms with Gasteiger partial charge in [0.25, 0.3) is 0 Å². The van der Waals surface area contributed by atoms with E-state index in [4.69, 9.17) is 4.74 Å². The number of benzene rings is 1. The van der Waals surface area contributed by atoms with Crippen LogP contribution < -0.4 is 0 Å². The molecule has 1 aromatic rings. The van der Waals surface area contributed by atoms with Gasteiger partial charge in [-0.25, -0.2) is 0 Å². The molecule has 0 aliphatic carbocycles.